The predicted octanol–water partition coefficient (Wildman–Crippen LogP) is 5.60. The second kappa shape index (κ2) is 12.5. The van der Waals surface area contributed by atoms with Crippen LogP contribution < -0.4 is 0 Å². The van der Waals surface area contributed by atoms with Crippen LogP contribution in [0.3, 0.4) is 0 Å². The van der Waals surface area contributed by atoms with E-state index in [1.165, 1.54) is 24.3 Å². The summed E-state index contributed by atoms with van der Waals surface area (Å²) in [5.41, 5.74) is 6.86. The highest BCUT2D eigenvalue weighted by Crippen LogP contribution is 2.38. The number of non-ortho nitro benzene ring substituents is 1. The standard InChI is InChI=1S/C31H33FN2O6/c1-18(2)31-27(13-12-24(35)16-25(36)17-29(37)38)30(20-6-9-22(32)10-7-20)26-5-3-4-19-8-11-23(34(39)40)14-21(19)15-28(26)33-31/h6-14,18,24-25,35-36H,3-5,15-17H2,1-2H3,(H,37,38)/b13-12+/t24-,25-/m1/s1. The summed E-state index contributed by atoms with van der Waals surface area (Å²) in [6.07, 6.45) is 2.99. The summed E-state index contributed by atoms with van der Waals surface area (Å²) in [5, 5.41) is 40.9. The quantitative estimate of drug-likeness (QED) is 0.234. The van der Waals surface area contributed by atoms with E-state index >= 15 is 0 Å². The van der Waals surface area contributed by atoms with Gasteiger partial charge in [-0.3, -0.25) is 19.9 Å². The van der Waals surface area contributed by atoms with Crippen molar-refractivity contribution in [2.45, 2.75) is 70.5 Å². The fourth-order valence-corrected chi connectivity index (χ4v) is 5.30. The monoisotopic (exact) mass is 548 g/mol. The maximum Gasteiger partial charge on any atom is 0.305 e. The number of nitrogens with zero attached hydrogens (tertiary/aromatic N) is 2. The fourth-order valence-electron chi connectivity index (χ4n) is 5.30. The van der Waals surface area contributed by atoms with Crippen LogP contribution in [0, 0.1) is 15.9 Å². The molecule has 1 aromatic heterocycles. The van der Waals surface area contributed by atoms with Crippen molar-refractivity contribution in [3.8, 4) is 11.1 Å². The molecule has 0 fully saturated rings. The van der Waals surface area contributed by atoms with Crippen molar-refractivity contribution in [2.24, 2.45) is 0 Å². The second-order valence-electron chi connectivity index (χ2n) is 10.5. The summed E-state index contributed by atoms with van der Waals surface area (Å²) in [6, 6.07) is 11.2. The third-order valence-corrected chi connectivity index (χ3v) is 7.17. The van der Waals surface area contributed by atoms with Crippen LogP contribution >= 0.6 is 0 Å². The molecule has 2 aromatic carbocycles. The number of aliphatic hydroxyl groups excluding tert-OH is 2. The number of aryl methyl sites for hydroxylation is 1. The summed E-state index contributed by atoms with van der Waals surface area (Å²) < 4.78 is 13.9. The highest BCUT2D eigenvalue weighted by atomic mass is 19.1. The molecule has 9 heteroatoms. The summed E-state index contributed by atoms with van der Waals surface area (Å²) in [7, 11) is 0. The number of aliphatic carboxylic acids is 1. The minimum absolute atomic E-state index is 0.0299. The maximum absolute atomic E-state index is 13.9. The van der Waals surface area contributed by atoms with E-state index in [1.807, 2.05) is 19.9 Å². The molecule has 3 aromatic rings. The van der Waals surface area contributed by atoms with Gasteiger partial charge in [-0.1, -0.05) is 44.2 Å². The highest BCUT2D eigenvalue weighted by Gasteiger charge is 2.24. The van der Waals surface area contributed by atoms with Gasteiger partial charge in [-0.05, 0) is 65.1 Å². The first kappa shape index (κ1) is 29.0. The van der Waals surface area contributed by atoms with Gasteiger partial charge in [0.25, 0.3) is 5.69 Å². The average molecular weight is 549 g/mol. The van der Waals surface area contributed by atoms with Gasteiger partial charge in [-0.25, -0.2) is 4.39 Å². The van der Waals surface area contributed by atoms with Crippen LogP contribution in [0.1, 0.15) is 72.7 Å². The van der Waals surface area contributed by atoms with E-state index < -0.39 is 29.5 Å². The van der Waals surface area contributed by atoms with E-state index in [1.54, 1.807) is 24.3 Å². The Labute approximate surface area is 232 Å². The molecular formula is C31H33FN2O6. The highest BCUT2D eigenvalue weighted by molar-refractivity contribution is 5.80. The summed E-state index contributed by atoms with van der Waals surface area (Å²) in [5.74, 6) is -1.55. The summed E-state index contributed by atoms with van der Waals surface area (Å²) in [4.78, 5) is 27.0. The van der Waals surface area contributed by atoms with Crippen LogP contribution in [-0.2, 0) is 24.1 Å². The molecule has 210 valence electrons. The zero-order valence-corrected chi connectivity index (χ0v) is 22.5. The van der Waals surface area contributed by atoms with Crippen molar-refractivity contribution >= 4 is 17.7 Å². The number of carboxylic acid groups (broad SMARTS) is 1. The SMILES string of the molecule is CC(C)c1nc2c(c(-c3ccc(F)cc3)c1/C=C/[C@@H](O)C[C@@H](O)CC(=O)O)CCCc1ccc([N+](=O)[O-])cc1C2. The first-order chi connectivity index (χ1) is 19.0. The minimum atomic E-state index is -1.20. The van der Waals surface area contributed by atoms with Crippen molar-refractivity contribution in [2.75, 3.05) is 0 Å². The number of nitro groups is 1. The molecule has 1 aliphatic carbocycles. The van der Waals surface area contributed by atoms with E-state index in [-0.39, 0.29) is 23.8 Å². The first-order valence-electron chi connectivity index (χ1n) is 13.4. The number of aliphatic hydroxyl groups is 2. The van der Waals surface area contributed by atoms with Gasteiger partial charge < -0.3 is 15.3 Å². The van der Waals surface area contributed by atoms with Crippen LogP contribution in [0.4, 0.5) is 10.1 Å². The van der Waals surface area contributed by atoms with Crippen molar-refractivity contribution in [1.29, 1.82) is 0 Å². The summed E-state index contributed by atoms with van der Waals surface area (Å²) in [6.45, 7) is 3.99. The first-order valence-corrected chi connectivity index (χ1v) is 13.4. The van der Waals surface area contributed by atoms with Gasteiger partial charge in [0, 0.05) is 36.2 Å². The van der Waals surface area contributed by atoms with Gasteiger partial charge in [-0.2, -0.15) is 0 Å². The molecule has 0 unspecified atom stereocenters. The molecule has 0 amide bonds. The van der Waals surface area contributed by atoms with Gasteiger partial charge in [-0.15, -0.1) is 0 Å². The maximum atomic E-state index is 13.9. The molecule has 1 heterocycles. The predicted molar refractivity (Wildman–Crippen MR) is 150 cm³/mol. The van der Waals surface area contributed by atoms with E-state index in [0.717, 1.165) is 57.6 Å². The molecule has 1 aliphatic rings. The second-order valence-corrected chi connectivity index (χ2v) is 10.5. The Kier molecular flexibility index (Phi) is 9.07. The summed E-state index contributed by atoms with van der Waals surface area (Å²) >= 11 is 0. The number of hydrogen-bond donors (Lipinski definition) is 3. The van der Waals surface area contributed by atoms with E-state index in [0.29, 0.717) is 12.8 Å². The van der Waals surface area contributed by atoms with Crippen LogP contribution in [0.15, 0.2) is 48.5 Å². The van der Waals surface area contributed by atoms with Gasteiger partial charge >= 0.3 is 5.97 Å². The Morgan fingerprint density at radius 3 is 2.50 bits per heavy atom. The Hall–Kier alpha value is -3.95. The van der Waals surface area contributed by atoms with Gasteiger partial charge in [0.15, 0.2) is 0 Å². The molecule has 3 N–H and O–H groups in total. The van der Waals surface area contributed by atoms with Crippen LogP contribution in [0.2, 0.25) is 0 Å². The van der Waals surface area contributed by atoms with Crippen molar-refractivity contribution < 1.29 is 29.4 Å². The van der Waals surface area contributed by atoms with Crippen LogP contribution in [-0.4, -0.2) is 43.4 Å². The molecule has 40 heavy (non-hydrogen) atoms. The number of halogens is 1. The molecule has 0 bridgehead atoms. The number of nitro benzene ring substituents is 1. The Bertz CT molecular complexity index is 1430. The van der Waals surface area contributed by atoms with Crippen molar-refractivity contribution in [1.82, 2.24) is 4.98 Å². The number of benzene rings is 2. The van der Waals surface area contributed by atoms with E-state index in [9.17, 15) is 29.5 Å². The zero-order valence-electron chi connectivity index (χ0n) is 22.5. The largest absolute Gasteiger partial charge is 0.481 e. The molecular weight excluding hydrogens is 515 g/mol. The number of carboxylic acids is 1. The zero-order chi connectivity index (χ0) is 29.0. The Morgan fingerprint density at radius 2 is 1.85 bits per heavy atom. The number of pyridine rings is 1. The number of fused-ring (bicyclic) bond motifs is 2. The van der Waals surface area contributed by atoms with Crippen LogP contribution in [0.25, 0.3) is 17.2 Å². The molecule has 4 rings (SSSR count). The van der Waals surface area contributed by atoms with Gasteiger partial charge in [0.1, 0.15) is 5.82 Å². The number of rotatable bonds is 9. The molecule has 2 atom stereocenters. The number of carbonyl (C=O) groups is 1. The normalized spacial score (nSPS) is 14.8. The lowest BCUT2D eigenvalue weighted by molar-refractivity contribution is -0.384. The van der Waals surface area contributed by atoms with Gasteiger partial charge in [0.05, 0.1) is 29.2 Å². The molecule has 0 saturated heterocycles. The molecule has 0 radical (unpaired) electrons. The lowest BCUT2D eigenvalue weighted by Crippen LogP contribution is -2.19. The minimum Gasteiger partial charge on any atom is -0.481 e. The van der Waals surface area contributed by atoms with E-state index in [2.05, 4.69) is 0 Å². The number of hydrogen-bond acceptors (Lipinski definition) is 6. The van der Waals surface area contributed by atoms with E-state index in [4.69, 9.17) is 10.1 Å². The Morgan fingerprint density at radius 1 is 1.12 bits per heavy atom. The van der Waals surface area contributed by atoms with Crippen molar-refractivity contribution in [3.63, 3.8) is 0 Å². The smallest absolute Gasteiger partial charge is 0.305 e. The lowest BCUT2D eigenvalue weighted by atomic mass is 9.83. The molecule has 0 saturated carbocycles. The third-order valence-electron chi connectivity index (χ3n) is 7.17. The molecule has 0 spiro atoms. The number of aromatic nitrogens is 1. The average Bonchev–Trinajstić information content (AvgIpc) is 2.87. The van der Waals surface area contributed by atoms with Crippen LogP contribution in [0.5, 0.6) is 0 Å². The van der Waals surface area contributed by atoms with Gasteiger partial charge in [0.2, 0.25) is 0 Å². The fraction of sp³-hybridized carbons (Fsp3) is 0.355. The topological polar surface area (TPSA) is 134 Å². The Balaban J connectivity index is 1.87. The molecule has 0 aliphatic heterocycles. The lowest BCUT2D eigenvalue weighted by Gasteiger charge is -2.25. The third kappa shape index (κ3) is 6.78. The van der Waals surface area contributed by atoms with Crippen molar-refractivity contribution in [3.05, 3.63) is 98.1 Å². The molecule has 8 nitrogen and oxygen atoms in total.